The molecule has 0 aliphatic carbocycles. The molecule has 2 aromatic rings. The molecule has 11 heteroatoms. The smallest absolute Gasteiger partial charge is 0.195 e. The summed E-state index contributed by atoms with van der Waals surface area (Å²) in [6, 6.07) is 3.06. The van der Waals surface area contributed by atoms with E-state index in [1.165, 1.54) is 19.2 Å². The molecule has 3 rings (SSSR count). The number of hydrogen-bond donors (Lipinski definition) is 0. The summed E-state index contributed by atoms with van der Waals surface area (Å²) < 4.78 is 114. The lowest BCUT2D eigenvalue weighted by atomic mass is 9.85. The van der Waals surface area contributed by atoms with Gasteiger partial charge in [0.25, 0.3) is 0 Å². The topological polar surface area (TPSA) is 77.5 Å². The van der Waals surface area contributed by atoms with E-state index in [9.17, 15) is 34.4 Å². The van der Waals surface area contributed by atoms with Crippen LogP contribution < -0.4 is 4.74 Å². The van der Waals surface area contributed by atoms with E-state index in [1.807, 2.05) is 20.8 Å². The fourth-order valence-corrected chi connectivity index (χ4v) is 6.64. The quantitative estimate of drug-likeness (QED) is 0.339. The maximum atomic E-state index is 14.8. The minimum Gasteiger partial charge on any atom is -0.496 e. The van der Waals surface area contributed by atoms with Crippen LogP contribution in [0.15, 0.2) is 12.1 Å². The van der Waals surface area contributed by atoms with Crippen LogP contribution in [-0.4, -0.2) is 23.9 Å². The molecule has 0 saturated carbocycles. The highest BCUT2D eigenvalue weighted by Gasteiger charge is 2.33. The predicted molar refractivity (Wildman–Crippen MR) is 111 cm³/mol. The average molecular weight is 495 g/mol. The second-order valence-corrected chi connectivity index (χ2v) is 13.0. The van der Waals surface area contributed by atoms with Crippen LogP contribution in [0.5, 0.6) is 5.75 Å². The second kappa shape index (κ2) is 8.02. The van der Waals surface area contributed by atoms with Crippen LogP contribution >= 0.6 is 0 Å². The first-order valence-electron chi connectivity index (χ1n) is 9.51. The van der Waals surface area contributed by atoms with E-state index in [-0.39, 0.29) is 16.9 Å². The third kappa shape index (κ3) is 4.63. The van der Waals surface area contributed by atoms with Crippen molar-refractivity contribution < 1.29 is 39.1 Å². The molecule has 176 valence electrons. The van der Waals surface area contributed by atoms with Crippen LogP contribution in [0.25, 0.3) is 0 Å². The zero-order valence-electron chi connectivity index (χ0n) is 17.9. The Hall–Kier alpha value is -2.14. The van der Waals surface area contributed by atoms with E-state index in [0.29, 0.717) is 5.56 Å². The number of benzene rings is 2. The predicted octanol–water partition coefficient (Wildman–Crippen LogP) is 4.09. The number of methoxy groups -OCH3 is 1. The third-order valence-electron chi connectivity index (χ3n) is 5.24. The monoisotopic (exact) mass is 494 g/mol. The SMILES string of the molecule is COc1c2cc(C(C)(C)C)cc1CS(=O)(=O)Cc1c(F)c(F)c(F)c(c1F)CS(=O)(=O)C2. The molecule has 0 amide bonds. The summed E-state index contributed by atoms with van der Waals surface area (Å²) in [4.78, 5) is 0. The van der Waals surface area contributed by atoms with Crippen molar-refractivity contribution in [1.82, 2.24) is 0 Å². The molecule has 0 saturated heterocycles. The van der Waals surface area contributed by atoms with Crippen molar-refractivity contribution in [3.8, 4) is 5.75 Å². The van der Waals surface area contributed by atoms with E-state index in [4.69, 9.17) is 4.74 Å². The van der Waals surface area contributed by atoms with Gasteiger partial charge in [-0.3, -0.25) is 0 Å². The highest BCUT2D eigenvalue weighted by Crippen LogP contribution is 2.36. The molecule has 5 nitrogen and oxygen atoms in total. The summed E-state index contributed by atoms with van der Waals surface area (Å²) >= 11 is 0. The van der Waals surface area contributed by atoms with Gasteiger partial charge >= 0.3 is 0 Å². The largest absolute Gasteiger partial charge is 0.496 e. The number of fused-ring (bicyclic) bond motifs is 4. The van der Waals surface area contributed by atoms with Crippen LogP contribution in [0.4, 0.5) is 17.6 Å². The minimum atomic E-state index is -4.30. The van der Waals surface area contributed by atoms with E-state index in [0.717, 1.165) is 0 Å². The van der Waals surface area contributed by atoms with Crippen molar-refractivity contribution in [3.63, 3.8) is 0 Å². The average Bonchev–Trinajstić information content (AvgIpc) is 2.65. The van der Waals surface area contributed by atoms with Gasteiger partial charge in [0.2, 0.25) is 0 Å². The fourth-order valence-electron chi connectivity index (χ4n) is 3.67. The number of rotatable bonds is 1. The maximum absolute atomic E-state index is 14.8. The molecule has 0 spiro atoms. The molecule has 4 bridgehead atoms. The summed E-state index contributed by atoms with van der Waals surface area (Å²) in [5.41, 5.74) is -2.15. The Kier molecular flexibility index (Phi) is 6.14. The van der Waals surface area contributed by atoms with Crippen LogP contribution in [0.2, 0.25) is 0 Å². The van der Waals surface area contributed by atoms with Gasteiger partial charge in [-0.15, -0.1) is 0 Å². The van der Waals surface area contributed by atoms with E-state index < -0.39 is 82.5 Å². The summed E-state index contributed by atoms with van der Waals surface area (Å²) in [5.74, 6) is -11.9. The summed E-state index contributed by atoms with van der Waals surface area (Å²) in [7, 11) is -7.37. The highest BCUT2D eigenvalue weighted by atomic mass is 32.2. The van der Waals surface area contributed by atoms with Gasteiger partial charge in [0, 0.05) is 22.3 Å². The lowest BCUT2D eigenvalue weighted by molar-refractivity contribution is 0.406. The highest BCUT2D eigenvalue weighted by molar-refractivity contribution is 7.90. The Labute approximate surface area is 184 Å². The Morgan fingerprint density at radius 2 is 1.12 bits per heavy atom. The Morgan fingerprint density at radius 1 is 0.719 bits per heavy atom. The third-order valence-corrected chi connectivity index (χ3v) is 8.20. The molecular formula is C21H22F4O5S2. The van der Waals surface area contributed by atoms with Gasteiger partial charge in [-0.1, -0.05) is 32.9 Å². The van der Waals surface area contributed by atoms with Crippen molar-refractivity contribution in [2.75, 3.05) is 7.11 Å². The minimum absolute atomic E-state index is 0.00183. The van der Waals surface area contributed by atoms with Gasteiger partial charge in [0.15, 0.2) is 37.1 Å². The zero-order valence-corrected chi connectivity index (χ0v) is 19.5. The molecule has 0 unspecified atom stereocenters. The lowest BCUT2D eigenvalue weighted by Crippen LogP contribution is -2.20. The van der Waals surface area contributed by atoms with Gasteiger partial charge in [0.05, 0.1) is 30.1 Å². The van der Waals surface area contributed by atoms with Crippen LogP contribution in [0.3, 0.4) is 0 Å². The Bertz CT molecular complexity index is 1220. The summed E-state index contributed by atoms with van der Waals surface area (Å²) in [6.07, 6.45) is 0. The van der Waals surface area contributed by atoms with Crippen molar-refractivity contribution in [3.05, 3.63) is 63.2 Å². The first-order valence-corrected chi connectivity index (χ1v) is 13.2. The molecule has 0 atom stereocenters. The molecule has 0 N–H and O–H groups in total. The Morgan fingerprint density at radius 3 is 1.47 bits per heavy atom. The molecule has 0 radical (unpaired) electrons. The molecule has 32 heavy (non-hydrogen) atoms. The van der Waals surface area contributed by atoms with Gasteiger partial charge in [-0.25, -0.2) is 34.4 Å². The first kappa shape index (κ1) is 24.5. The lowest BCUT2D eigenvalue weighted by Gasteiger charge is -2.24. The van der Waals surface area contributed by atoms with Crippen molar-refractivity contribution in [2.24, 2.45) is 0 Å². The van der Waals surface area contributed by atoms with Gasteiger partial charge < -0.3 is 4.74 Å². The molecule has 2 aromatic carbocycles. The number of halogens is 4. The van der Waals surface area contributed by atoms with Crippen LogP contribution in [-0.2, 0) is 48.1 Å². The Balaban J connectivity index is 2.37. The summed E-state index contributed by atoms with van der Waals surface area (Å²) in [5, 5.41) is 0. The van der Waals surface area contributed by atoms with E-state index in [1.54, 1.807) is 0 Å². The fraction of sp³-hybridized carbons (Fsp3) is 0.429. The number of sulfone groups is 2. The first-order chi connectivity index (χ1) is 14.6. The number of ether oxygens (including phenoxy) is 1. The van der Waals surface area contributed by atoms with Gasteiger partial charge in [-0.05, 0) is 11.0 Å². The standard InChI is InChI=1S/C21H22F4O5S2/c1-21(2,3)13-5-11-7-31(26,27)9-14-16(22)15(18(24)19(25)17(14)23)10-32(28,29)8-12(6-13)20(11)30-4/h5-6H,7-10H2,1-4H3. The normalized spacial score (nSPS) is 17.9. The second-order valence-electron chi connectivity index (χ2n) is 8.86. The van der Waals surface area contributed by atoms with Gasteiger partial charge in [-0.2, -0.15) is 0 Å². The summed E-state index contributed by atoms with van der Waals surface area (Å²) in [6.45, 7) is 5.51. The van der Waals surface area contributed by atoms with E-state index >= 15 is 0 Å². The number of hydrogen-bond acceptors (Lipinski definition) is 5. The van der Waals surface area contributed by atoms with Crippen molar-refractivity contribution in [1.29, 1.82) is 0 Å². The molecule has 0 fully saturated rings. The van der Waals surface area contributed by atoms with Crippen LogP contribution in [0, 0.1) is 23.3 Å². The molecular weight excluding hydrogens is 472 g/mol. The van der Waals surface area contributed by atoms with Crippen molar-refractivity contribution in [2.45, 2.75) is 49.2 Å². The van der Waals surface area contributed by atoms with E-state index in [2.05, 4.69) is 0 Å². The zero-order chi connectivity index (χ0) is 24.2. The molecule has 0 aromatic heterocycles. The molecule has 1 aliphatic rings. The molecule has 1 aliphatic heterocycles. The maximum Gasteiger partial charge on any atom is 0.195 e. The van der Waals surface area contributed by atoms with Gasteiger partial charge in [0.1, 0.15) is 11.6 Å². The van der Waals surface area contributed by atoms with Crippen molar-refractivity contribution >= 4 is 19.7 Å². The molecule has 1 heterocycles. The van der Waals surface area contributed by atoms with Crippen LogP contribution in [0.1, 0.15) is 48.6 Å².